The molecule has 2 aliphatic rings. The van der Waals surface area contributed by atoms with Crippen LogP contribution in [0.1, 0.15) is 40.5 Å². The number of H-pyrrole nitrogens is 2. The molecule has 1 aromatic heterocycles. The summed E-state index contributed by atoms with van der Waals surface area (Å²) in [5, 5.41) is 6.25. The van der Waals surface area contributed by atoms with E-state index in [1.165, 1.54) is 0 Å². The summed E-state index contributed by atoms with van der Waals surface area (Å²) < 4.78 is 85.7. The molecule has 5 rings (SSSR count). The second kappa shape index (κ2) is 8.23. The van der Waals surface area contributed by atoms with E-state index in [4.69, 9.17) is 4.74 Å². The number of rotatable bonds is 6. The molecule has 12 heteroatoms. The number of nitrogens with zero attached hydrogens (tertiary/aromatic N) is 2. The smallest absolute Gasteiger partial charge is 0.368 e. The first kappa shape index (κ1) is 23.6. The summed E-state index contributed by atoms with van der Waals surface area (Å²) in [7, 11) is 0. The van der Waals surface area contributed by atoms with Crippen molar-refractivity contribution in [2.75, 3.05) is 6.54 Å². The van der Waals surface area contributed by atoms with Crippen molar-refractivity contribution >= 4 is 0 Å². The van der Waals surface area contributed by atoms with Crippen molar-refractivity contribution in [2.45, 2.75) is 43.6 Å². The van der Waals surface area contributed by atoms with E-state index in [1.807, 2.05) is 35.2 Å². The minimum Gasteiger partial charge on any atom is -0.368 e. The molecule has 1 aliphatic heterocycles. The number of nitrogens with one attached hydrogen (secondary N) is 2. The van der Waals surface area contributed by atoms with Crippen LogP contribution in [0.15, 0.2) is 53.3 Å². The fourth-order valence-electron chi connectivity index (χ4n) is 5.01. The maximum atomic E-state index is 13.3. The number of hydrogen-bond donors (Lipinski definition) is 2. The third kappa shape index (κ3) is 4.59. The van der Waals surface area contributed by atoms with E-state index in [9.17, 15) is 31.1 Å². The molecule has 2 N–H and O–H groups in total. The number of halogens is 6. The van der Waals surface area contributed by atoms with Crippen LogP contribution in [0.2, 0.25) is 0 Å². The Morgan fingerprint density at radius 1 is 1.03 bits per heavy atom. The van der Waals surface area contributed by atoms with Crippen LogP contribution < -0.4 is 5.69 Å². The summed E-state index contributed by atoms with van der Waals surface area (Å²) in [6.45, 7) is 0.465. The average Bonchev–Trinajstić information content (AvgIpc) is 3.16. The van der Waals surface area contributed by atoms with Crippen molar-refractivity contribution in [1.29, 1.82) is 0 Å². The molecule has 35 heavy (non-hydrogen) atoms. The predicted molar refractivity (Wildman–Crippen MR) is 111 cm³/mol. The molecule has 2 aromatic carbocycles. The Labute approximate surface area is 194 Å². The van der Waals surface area contributed by atoms with Crippen LogP contribution in [0, 0.1) is 5.92 Å². The lowest BCUT2D eigenvalue weighted by Gasteiger charge is -2.32. The van der Waals surface area contributed by atoms with Gasteiger partial charge < -0.3 is 4.74 Å². The number of fused-ring (bicyclic) bond motifs is 1. The molecule has 0 bridgehead atoms. The second-order valence-electron chi connectivity index (χ2n) is 8.93. The molecule has 2 heterocycles. The van der Waals surface area contributed by atoms with Gasteiger partial charge in [-0.1, -0.05) is 30.3 Å². The van der Waals surface area contributed by atoms with Gasteiger partial charge in [-0.05, 0) is 35.7 Å². The highest BCUT2D eigenvalue weighted by Crippen LogP contribution is 2.63. The third-order valence-electron chi connectivity index (χ3n) is 6.55. The molecular formula is C23H20F6N4O2. The molecule has 0 spiro atoms. The van der Waals surface area contributed by atoms with Gasteiger partial charge >= 0.3 is 18.0 Å². The fourth-order valence-corrected chi connectivity index (χ4v) is 5.01. The summed E-state index contributed by atoms with van der Waals surface area (Å²) in [5.74, 6) is 0.450. The van der Waals surface area contributed by atoms with E-state index in [1.54, 1.807) is 0 Å². The maximum Gasteiger partial charge on any atom is 0.416 e. The van der Waals surface area contributed by atoms with Gasteiger partial charge in [0.25, 0.3) is 0 Å². The van der Waals surface area contributed by atoms with Gasteiger partial charge in [-0.15, -0.1) is 0 Å². The maximum absolute atomic E-state index is 13.3. The zero-order chi connectivity index (χ0) is 25.0. The van der Waals surface area contributed by atoms with Crippen molar-refractivity contribution in [3.05, 3.63) is 87.1 Å². The number of piperidine rings is 1. The van der Waals surface area contributed by atoms with E-state index in [2.05, 4.69) is 15.2 Å². The van der Waals surface area contributed by atoms with E-state index in [-0.39, 0.29) is 23.6 Å². The summed E-state index contributed by atoms with van der Waals surface area (Å²) >= 11 is 0. The minimum absolute atomic E-state index is 0.0336. The first-order valence-corrected chi connectivity index (χ1v) is 10.8. The number of aromatic amines is 2. The molecule has 0 radical (unpaired) electrons. The molecule has 1 aliphatic carbocycles. The molecule has 0 amide bonds. The minimum atomic E-state index is -4.92. The Hall–Kier alpha value is -3.12. The normalized spacial score (nSPS) is 24.5. The first-order valence-electron chi connectivity index (χ1n) is 10.8. The number of alkyl halides is 6. The molecule has 1 saturated carbocycles. The van der Waals surface area contributed by atoms with Crippen LogP contribution in [0.4, 0.5) is 26.3 Å². The monoisotopic (exact) mass is 498 g/mol. The molecule has 0 unspecified atom stereocenters. The van der Waals surface area contributed by atoms with E-state index >= 15 is 0 Å². The zero-order valence-electron chi connectivity index (χ0n) is 18.1. The molecule has 6 nitrogen and oxygen atoms in total. The number of aromatic nitrogens is 3. The van der Waals surface area contributed by atoms with Crippen LogP contribution in [0.5, 0.6) is 0 Å². The Balaban J connectivity index is 1.43. The second-order valence-corrected chi connectivity index (χ2v) is 8.93. The lowest BCUT2D eigenvalue weighted by Crippen LogP contribution is -2.34. The topological polar surface area (TPSA) is 74.0 Å². The van der Waals surface area contributed by atoms with Gasteiger partial charge in [-0.25, -0.2) is 9.89 Å². The third-order valence-corrected chi connectivity index (χ3v) is 6.55. The number of ether oxygens (including phenoxy) is 1. The Morgan fingerprint density at radius 2 is 1.69 bits per heavy atom. The quantitative estimate of drug-likeness (QED) is 0.485. The lowest BCUT2D eigenvalue weighted by atomic mass is 9.99. The SMILES string of the molecule is O=c1[nH]nc(CN2C[C@H]3C[C@@]3(OCc3cc(C(F)(F)F)cc(C(F)(F)F)c3)[C@@H]2c2ccccc2)[nH]1. The van der Waals surface area contributed by atoms with Crippen LogP contribution in [0.3, 0.4) is 0 Å². The Morgan fingerprint density at radius 3 is 2.26 bits per heavy atom. The molecule has 2 fully saturated rings. The van der Waals surface area contributed by atoms with Crippen molar-refractivity contribution in [1.82, 2.24) is 20.1 Å². The highest BCUT2D eigenvalue weighted by Gasteiger charge is 2.67. The van der Waals surface area contributed by atoms with E-state index in [0.29, 0.717) is 37.5 Å². The van der Waals surface area contributed by atoms with Crippen molar-refractivity contribution in [3.8, 4) is 0 Å². The van der Waals surface area contributed by atoms with Crippen molar-refractivity contribution in [2.24, 2.45) is 5.92 Å². The highest BCUT2D eigenvalue weighted by atomic mass is 19.4. The van der Waals surface area contributed by atoms with Gasteiger partial charge in [0.05, 0.1) is 35.9 Å². The van der Waals surface area contributed by atoms with Gasteiger partial charge in [0.2, 0.25) is 0 Å². The number of likely N-dealkylation sites (tertiary alicyclic amines) is 1. The summed E-state index contributed by atoms with van der Waals surface area (Å²) in [4.78, 5) is 16.1. The van der Waals surface area contributed by atoms with E-state index < -0.39 is 41.4 Å². The number of benzene rings is 2. The fraction of sp³-hybridized carbons (Fsp3) is 0.391. The van der Waals surface area contributed by atoms with Crippen LogP contribution in [-0.2, 0) is 30.2 Å². The van der Waals surface area contributed by atoms with Gasteiger partial charge in [-0.2, -0.15) is 31.4 Å². The van der Waals surface area contributed by atoms with Crippen molar-refractivity contribution in [3.63, 3.8) is 0 Å². The molecular weight excluding hydrogens is 478 g/mol. The van der Waals surface area contributed by atoms with Gasteiger partial charge in [0, 0.05) is 12.5 Å². The van der Waals surface area contributed by atoms with Crippen LogP contribution in [0.25, 0.3) is 0 Å². The van der Waals surface area contributed by atoms with Gasteiger partial charge in [0.15, 0.2) is 0 Å². The van der Waals surface area contributed by atoms with Crippen LogP contribution >= 0.6 is 0 Å². The standard InChI is InChI=1S/C23H20F6N4O2/c24-22(25,26)15-6-13(7-16(8-15)23(27,28)29)12-35-21-9-17(21)10-33(11-18-30-20(34)32-31-18)19(21)14-4-2-1-3-5-14/h1-8,17,19H,9-12H2,(H2,30,31,32,34)/t17-,19+,21+/m1/s1. The van der Waals surface area contributed by atoms with Crippen molar-refractivity contribution < 1.29 is 31.1 Å². The lowest BCUT2D eigenvalue weighted by molar-refractivity contribution is -0.143. The largest absolute Gasteiger partial charge is 0.416 e. The Kier molecular flexibility index (Phi) is 5.55. The first-order chi connectivity index (χ1) is 16.5. The highest BCUT2D eigenvalue weighted by molar-refractivity contribution is 5.35. The van der Waals surface area contributed by atoms with Gasteiger partial charge in [0.1, 0.15) is 5.82 Å². The average molecular weight is 498 g/mol. The van der Waals surface area contributed by atoms with E-state index in [0.717, 1.165) is 5.56 Å². The van der Waals surface area contributed by atoms with Gasteiger partial charge in [-0.3, -0.25) is 9.88 Å². The summed E-state index contributed by atoms with van der Waals surface area (Å²) in [6.07, 6.45) is -9.23. The molecule has 3 aromatic rings. The molecule has 1 saturated heterocycles. The molecule has 3 atom stereocenters. The van der Waals surface area contributed by atoms with Crippen LogP contribution in [-0.4, -0.2) is 32.2 Å². The zero-order valence-corrected chi connectivity index (χ0v) is 18.1. The Bertz CT molecular complexity index is 1240. The number of hydrogen-bond acceptors (Lipinski definition) is 4. The predicted octanol–water partition coefficient (Wildman–Crippen LogP) is 4.67. The molecule has 186 valence electrons. The summed E-state index contributed by atoms with van der Waals surface area (Å²) in [6, 6.07) is 10.5. The summed E-state index contributed by atoms with van der Waals surface area (Å²) in [5.41, 5.74) is -3.27.